The number of nitrogens with one attached hydrogen (secondary N) is 1. The first-order valence-corrected chi connectivity index (χ1v) is 4.96. The molecule has 1 amide bonds. The van der Waals surface area contributed by atoms with Crippen molar-refractivity contribution in [2.75, 3.05) is 18.7 Å². The van der Waals surface area contributed by atoms with Gasteiger partial charge < -0.3 is 10.1 Å². The monoisotopic (exact) mass is 197 g/mol. The zero-order chi connectivity index (χ0) is 9.68. The molecule has 0 aliphatic carbocycles. The first-order chi connectivity index (χ1) is 6.31. The van der Waals surface area contributed by atoms with Gasteiger partial charge in [-0.1, -0.05) is 0 Å². The van der Waals surface area contributed by atoms with Crippen LogP contribution in [0.2, 0.25) is 0 Å². The van der Waals surface area contributed by atoms with Crippen molar-refractivity contribution in [3.63, 3.8) is 0 Å². The Morgan fingerprint density at radius 3 is 2.85 bits per heavy atom. The number of ether oxygens (including phenoxy) is 1. The van der Waals surface area contributed by atoms with Gasteiger partial charge in [-0.15, -0.1) is 11.8 Å². The van der Waals surface area contributed by atoms with Gasteiger partial charge in [0, 0.05) is 16.6 Å². The summed E-state index contributed by atoms with van der Waals surface area (Å²) in [6, 6.07) is 5.54. The molecule has 3 nitrogen and oxygen atoms in total. The van der Waals surface area contributed by atoms with Crippen molar-refractivity contribution in [1.29, 1.82) is 0 Å². The van der Waals surface area contributed by atoms with Gasteiger partial charge in [0.1, 0.15) is 5.75 Å². The Bertz CT molecular complexity index is 302. The highest BCUT2D eigenvalue weighted by atomic mass is 32.2. The van der Waals surface area contributed by atoms with E-state index < -0.39 is 0 Å². The van der Waals surface area contributed by atoms with E-state index in [0.717, 1.165) is 16.3 Å². The minimum absolute atomic E-state index is 0.646. The van der Waals surface area contributed by atoms with Crippen LogP contribution in [0.1, 0.15) is 0 Å². The largest absolute Gasteiger partial charge is 0.496 e. The number of rotatable bonds is 4. The average Bonchev–Trinajstić information content (AvgIpc) is 2.18. The summed E-state index contributed by atoms with van der Waals surface area (Å²) in [7, 11) is 1.61. The molecule has 1 N–H and O–H groups in total. The van der Waals surface area contributed by atoms with E-state index in [1.54, 1.807) is 24.9 Å². The summed E-state index contributed by atoms with van der Waals surface area (Å²) < 4.78 is 5.15. The van der Waals surface area contributed by atoms with Crippen molar-refractivity contribution < 1.29 is 9.53 Å². The molecule has 4 heteroatoms. The van der Waals surface area contributed by atoms with Gasteiger partial charge >= 0.3 is 0 Å². The average molecular weight is 197 g/mol. The van der Waals surface area contributed by atoms with Gasteiger partial charge in [0.2, 0.25) is 6.41 Å². The van der Waals surface area contributed by atoms with Crippen LogP contribution in [0.5, 0.6) is 5.75 Å². The molecule has 0 heterocycles. The van der Waals surface area contributed by atoms with Crippen molar-refractivity contribution in [1.82, 2.24) is 0 Å². The van der Waals surface area contributed by atoms with Gasteiger partial charge in [0.25, 0.3) is 0 Å². The van der Waals surface area contributed by atoms with Gasteiger partial charge in [-0.05, 0) is 18.4 Å². The molecule has 70 valence electrons. The Morgan fingerprint density at radius 1 is 1.54 bits per heavy atom. The van der Waals surface area contributed by atoms with Crippen molar-refractivity contribution in [2.24, 2.45) is 0 Å². The number of amides is 1. The van der Waals surface area contributed by atoms with E-state index in [2.05, 4.69) is 5.32 Å². The smallest absolute Gasteiger partial charge is 0.211 e. The molecule has 0 aliphatic rings. The molecule has 13 heavy (non-hydrogen) atoms. The summed E-state index contributed by atoms with van der Waals surface area (Å²) in [5.74, 6) is 0.777. The lowest BCUT2D eigenvalue weighted by molar-refractivity contribution is -0.105. The quantitative estimate of drug-likeness (QED) is 0.592. The predicted octanol–water partition coefficient (Wildman–Crippen LogP) is 1.99. The highest BCUT2D eigenvalue weighted by Gasteiger charge is 2.01. The molecule has 0 bridgehead atoms. The minimum Gasteiger partial charge on any atom is -0.496 e. The first kappa shape index (κ1) is 9.92. The molecule has 0 atom stereocenters. The molecule has 0 fully saturated rings. The van der Waals surface area contributed by atoms with Crippen LogP contribution in [0.15, 0.2) is 23.1 Å². The summed E-state index contributed by atoms with van der Waals surface area (Å²) in [4.78, 5) is 11.2. The molecule has 1 rings (SSSR count). The second-order valence-corrected chi connectivity index (χ2v) is 3.18. The fourth-order valence-electron chi connectivity index (χ4n) is 0.994. The van der Waals surface area contributed by atoms with Gasteiger partial charge in [-0.3, -0.25) is 4.79 Å². The van der Waals surface area contributed by atoms with Crippen LogP contribution < -0.4 is 10.1 Å². The van der Waals surface area contributed by atoms with E-state index in [4.69, 9.17) is 4.74 Å². The maximum atomic E-state index is 10.2. The van der Waals surface area contributed by atoms with E-state index in [-0.39, 0.29) is 0 Å². The van der Waals surface area contributed by atoms with Crippen molar-refractivity contribution >= 4 is 23.9 Å². The molecule has 0 unspecified atom stereocenters. The molecular weight excluding hydrogens is 186 g/mol. The van der Waals surface area contributed by atoms with Crippen molar-refractivity contribution in [3.05, 3.63) is 18.2 Å². The second-order valence-electron chi connectivity index (χ2n) is 2.33. The number of methoxy groups -OCH3 is 1. The van der Waals surface area contributed by atoms with E-state index in [1.165, 1.54) is 0 Å². The van der Waals surface area contributed by atoms with E-state index in [0.29, 0.717) is 6.41 Å². The number of benzene rings is 1. The summed E-state index contributed by atoms with van der Waals surface area (Å²) in [6.45, 7) is 0. The lowest BCUT2D eigenvalue weighted by Gasteiger charge is -2.07. The molecule has 0 aromatic heterocycles. The maximum absolute atomic E-state index is 10.2. The zero-order valence-corrected chi connectivity index (χ0v) is 8.35. The lowest BCUT2D eigenvalue weighted by atomic mass is 10.3. The molecule has 0 spiro atoms. The molecule has 1 aromatic carbocycles. The summed E-state index contributed by atoms with van der Waals surface area (Å²) in [5.41, 5.74) is 0.740. The van der Waals surface area contributed by atoms with Gasteiger partial charge in [-0.2, -0.15) is 0 Å². The van der Waals surface area contributed by atoms with Crippen LogP contribution in [0.4, 0.5) is 5.69 Å². The fourth-order valence-corrected chi connectivity index (χ4v) is 1.54. The zero-order valence-electron chi connectivity index (χ0n) is 7.53. The second kappa shape index (κ2) is 4.77. The normalized spacial score (nSPS) is 9.38. The third-order valence-corrected chi connectivity index (χ3v) is 2.39. The molecule has 0 saturated carbocycles. The van der Waals surface area contributed by atoms with E-state index in [1.807, 2.05) is 18.4 Å². The fraction of sp³-hybridized carbons (Fsp3) is 0.222. The number of carbonyl (C=O) groups excluding carboxylic acids is 1. The Kier molecular flexibility index (Phi) is 3.64. The number of thioether (sulfide) groups is 1. The van der Waals surface area contributed by atoms with Crippen molar-refractivity contribution in [3.8, 4) is 5.75 Å². The maximum Gasteiger partial charge on any atom is 0.211 e. The van der Waals surface area contributed by atoms with Crippen LogP contribution in [0.3, 0.4) is 0 Å². The van der Waals surface area contributed by atoms with Gasteiger partial charge in [0.15, 0.2) is 0 Å². The third-order valence-electron chi connectivity index (χ3n) is 1.61. The van der Waals surface area contributed by atoms with Crippen LogP contribution >= 0.6 is 11.8 Å². The van der Waals surface area contributed by atoms with E-state index >= 15 is 0 Å². The summed E-state index contributed by atoms with van der Waals surface area (Å²) in [6.07, 6.45) is 2.62. The highest BCUT2D eigenvalue weighted by Crippen LogP contribution is 2.29. The Labute approximate surface area is 81.5 Å². The molecular formula is C9H11NO2S. The van der Waals surface area contributed by atoms with Crippen LogP contribution in [-0.2, 0) is 4.79 Å². The lowest BCUT2D eigenvalue weighted by Crippen LogP contribution is -1.94. The van der Waals surface area contributed by atoms with Crippen LogP contribution in [-0.4, -0.2) is 19.8 Å². The predicted molar refractivity (Wildman–Crippen MR) is 54.5 cm³/mol. The van der Waals surface area contributed by atoms with Gasteiger partial charge in [0.05, 0.1) is 7.11 Å². The number of carbonyl (C=O) groups is 1. The molecule has 0 radical (unpaired) electrons. The minimum atomic E-state index is 0.646. The third kappa shape index (κ3) is 2.39. The molecule has 0 aliphatic heterocycles. The topological polar surface area (TPSA) is 38.3 Å². The molecule has 0 saturated heterocycles. The Balaban J connectivity index is 2.98. The highest BCUT2D eigenvalue weighted by molar-refractivity contribution is 7.98. The first-order valence-electron chi connectivity index (χ1n) is 3.74. The molecule has 1 aromatic rings. The Morgan fingerprint density at radius 2 is 2.31 bits per heavy atom. The number of hydrogen-bond donors (Lipinski definition) is 1. The Hall–Kier alpha value is -1.16. The number of anilines is 1. The van der Waals surface area contributed by atoms with Crippen molar-refractivity contribution in [2.45, 2.75) is 4.90 Å². The summed E-state index contributed by atoms with van der Waals surface area (Å²) >= 11 is 1.61. The van der Waals surface area contributed by atoms with Crippen LogP contribution in [0, 0.1) is 0 Å². The summed E-state index contributed by atoms with van der Waals surface area (Å²) in [5, 5.41) is 2.56. The van der Waals surface area contributed by atoms with Gasteiger partial charge in [-0.25, -0.2) is 0 Å². The van der Waals surface area contributed by atoms with E-state index in [9.17, 15) is 4.79 Å². The SMILES string of the molecule is COc1cc(NC=O)ccc1SC. The standard InChI is InChI=1S/C9H11NO2S/c1-12-8-5-7(10-6-11)3-4-9(8)13-2/h3-6H,1-2H3,(H,10,11). The van der Waals surface area contributed by atoms with Crippen LogP contribution in [0.25, 0.3) is 0 Å². The number of hydrogen-bond acceptors (Lipinski definition) is 3.